The minimum Gasteiger partial charge on any atom is -0.493 e. The summed E-state index contributed by atoms with van der Waals surface area (Å²) in [6.07, 6.45) is 2.42. The van der Waals surface area contributed by atoms with Crippen molar-refractivity contribution in [1.82, 2.24) is 9.38 Å². The molecule has 0 radical (unpaired) electrons. The third-order valence-corrected chi connectivity index (χ3v) is 5.18. The number of fused-ring (bicyclic) bond motifs is 5. The van der Waals surface area contributed by atoms with Gasteiger partial charge in [0.1, 0.15) is 12.4 Å². The van der Waals surface area contributed by atoms with Crippen molar-refractivity contribution in [2.75, 3.05) is 20.8 Å². The summed E-state index contributed by atoms with van der Waals surface area (Å²) in [5.74, 6) is 1.42. The van der Waals surface area contributed by atoms with Gasteiger partial charge in [0.15, 0.2) is 17.8 Å². The standard InChI is InChI=1S/C22H16N2O5/c1-27-17-6-4-14-18(21(17)28-2)22(26)24-16-5-3-12(29-10-9-25)11-15(16)13-7-8-23-19(14)20(13)24/h3-9,11H,10H2,1-2H3. The van der Waals surface area contributed by atoms with E-state index in [9.17, 15) is 9.59 Å². The van der Waals surface area contributed by atoms with Gasteiger partial charge < -0.3 is 14.2 Å². The van der Waals surface area contributed by atoms with Gasteiger partial charge in [-0.25, -0.2) is 0 Å². The molecular formula is C22H16N2O5. The van der Waals surface area contributed by atoms with Gasteiger partial charge in [-0.3, -0.25) is 19.0 Å². The molecule has 0 amide bonds. The fraction of sp³-hybridized carbons (Fsp3) is 0.136. The second-order valence-electron chi connectivity index (χ2n) is 6.58. The second-order valence-corrected chi connectivity index (χ2v) is 6.58. The molecule has 7 nitrogen and oxygen atoms in total. The van der Waals surface area contributed by atoms with Gasteiger partial charge >= 0.3 is 0 Å². The molecule has 0 saturated heterocycles. The van der Waals surface area contributed by atoms with Crippen LogP contribution in [0.2, 0.25) is 0 Å². The highest BCUT2D eigenvalue weighted by Crippen LogP contribution is 2.39. The Labute approximate surface area is 164 Å². The van der Waals surface area contributed by atoms with Crippen molar-refractivity contribution in [3.63, 3.8) is 0 Å². The van der Waals surface area contributed by atoms with E-state index in [1.807, 2.05) is 24.3 Å². The number of carbonyl (C=O) groups is 1. The molecule has 7 heteroatoms. The maximum atomic E-state index is 13.6. The number of ether oxygens (including phenoxy) is 3. The Balaban J connectivity index is 2.01. The molecule has 0 spiro atoms. The number of hydrogen-bond donors (Lipinski definition) is 0. The van der Waals surface area contributed by atoms with Gasteiger partial charge in [-0.1, -0.05) is 0 Å². The predicted molar refractivity (Wildman–Crippen MR) is 110 cm³/mol. The molecule has 0 fully saturated rings. The van der Waals surface area contributed by atoms with Crippen molar-refractivity contribution in [2.24, 2.45) is 0 Å². The van der Waals surface area contributed by atoms with E-state index < -0.39 is 0 Å². The Bertz CT molecular complexity index is 1470. The van der Waals surface area contributed by atoms with E-state index in [0.29, 0.717) is 39.8 Å². The fourth-order valence-electron chi connectivity index (χ4n) is 4.02. The molecule has 0 aliphatic heterocycles. The quantitative estimate of drug-likeness (QED) is 0.340. The number of aromatic nitrogens is 2. The number of aldehydes is 1. The lowest BCUT2D eigenvalue weighted by Gasteiger charge is -2.12. The molecule has 2 aromatic carbocycles. The molecule has 5 rings (SSSR count). The summed E-state index contributed by atoms with van der Waals surface area (Å²) < 4.78 is 18.0. The fourth-order valence-corrected chi connectivity index (χ4v) is 4.02. The van der Waals surface area contributed by atoms with Gasteiger partial charge in [-0.05, 0) is 36.4 Å². The third kappa shape index (κ3) is 2.27. The van der Waals surface area contributed by atoms with E-state index in [2.05, 4.69) is 4.98 Å². The molecule has 5 aromatic rings. The highest BCUT2D eigenvalue weighted by Gasteiger charge is 2.22. The molecule has 0 unspecified atom stereocenters. The summed E-state index contributed by atoms with van der Waals surface area (Å²) in [6, 6.07) is 10.9. The van der Waals surface area contributed by atoms with Crippen LogP contribution in [0, 0.1) is 0 Å². The summed E-state index contributed by atoms with van der Waals surface area (Å²) in [6.45, 7) is -0.0294. The number of hydrogen-bond acceptors (Lipinski definition) is 6. The Morgan fingerprint density at radius 1 is 1.03 bits per heavy atom. The number of carbonyl (C=O) groups excluding carboxylic acids is 1. The van der Waals surface area contributed by atoms with Gasteiger partial charge in [0, 0.05) is 22.4 Å². The lowest BCUT2D eigenvalue weighted by molar-refractivity contribution is -0.109. The average Bonchev–Trinajstić information content (AvgIpc) is 3.09. The maximum absolute atomic E-state index is 13.6. The van der Waals surface area contributed by atoms with E-state index in [-0.39, 0.29) is 12.2 Å². The van der Waals surface area contributed by atoms with Crippen molar-refractivity contribution in [3.8, 4) is 17.2 Å². The topological polar surface area (TPSA) is 79.1 Å². The number of nitrogens with zero attached hydrogens (tertiary/aromatic N) is 2. The molecule has 144 valence electrons. The SMILES string of the molecule is COc1ccc2c(c1OC)c(=O)n1c3ccc(OCC=O)cc3c3ccnc2c31. The normalized spacial score (nSPS) is 11.5. The van der Waals surface area contributed by atoms with E-state index in [4.69, 9.17) is 14.2 Å². The summed E-state index contributed by atoms with van der Waals surface area (Å²) >= 11 is 0. The molecule has 0 N–H and O–H groups in total. The average molecular weight is 388 g/mol. The van der Waals surface area contributed by atoms with E-state index >= 15 is 0 Å². The van der Waals surface area contributed by atoms with Crippen molar-refractivity contribution >= 4 is 44.4 Å². The van der Waals surface area contributed by atoms with Gasteiger partial charge in [0.05, 0.1) is 36.2 Å². The summed E-state index contributed by atoms with van der Waals surface area (Å²) in [5, 5.41) is 2.85. The maximum Gasteiger partial charge on any atom is 0.267 e. The van der Waals surface area contributed by atoms with Crippen LogP contribution in [0.4, 0.5) is 0 Å². The van der Waals surface area contributed by atoms with Crippen LogP contribution < -0.4 is 19.8 Å². The summed E-state index contributed by atoms with van der Waals surface area (Å²) in [5.41, 5.74) is 1.95. The molecule has 0 aliphatic rings. The molecule has 0 atom stereocenters. The van der Waals surface area contributed by atoms with Crippen LogP contribution in [0.1, 0.15) is 0 Å². The van der Waals surface area contributed by atoms with Crippen LogP contribution in [0.15, 0.2) is 47.4 Å². The molecular weight excluding hydrogens is 372 g/mol. The monoisotopic (exact) mass is 388 g/mol. The zero-order valence-electron chi connectivity index (χ0n) is 15.8. The van der Waals surface area contributed by atoms with Crippen molar-refractivity contribution in [3.05, 3.63) is 52.9 Å². The van der Waals surface area contributed by atoms with Gasteiger partial charge in [0.2, 0.25) is 0 Å². The second kappa shape index (κ2) is 6.34. The Kier molecular flexibility index (Phi) is 3.77. The lowest BCUT2D eigenvalue weighted by atomic mass is 10.1. The number of rotatable bonds is 5. The van der Waals surface area contributed by atoms with Crippen LogP contribution >= 0.6 is 0 Å². The van der Waals surface area contributed by atoms with Crippen LogP contribution in [-0.4, -0.2) is 36.5 Å². The van der Waals surface area contributed by atoms with Crippen molar-refractivity contribution in [1.29, 1.82) is 0 Å². The third-order valence-electron chi connectivity index (χ3n) is 5.18. The molecule has 0 bridgehead atoms. The first-order chi connectivity index (χ1) is 14.2. The molecule has 0 saturated carbocycles. The lowest BCUT2D eigenvalue weighted by Crippen LogP contribution is -2.14. The van der Waals surface area contributed by atoms with E-state index in [1.165, 1.54) is 14.2 Å². The largest absolute Gasteiger partial charge is 0.493 e. The minimum atomic E-state index is -0.210. The van der Waals surface area contributed by atoms with Crippen molar-refractivity contribution < 1.29 is 19.0 Å². The molecule has 3 heterocycles. The smallest absolute Gasteiger partial charge is 0.267 e. The molecule has 0 aliphatic carbocycles. The van der Waals surface area contributed by atoms with Crippen molar-refractivity contribution in [2.45, 2.75) is 0 Å². The zero-order valence-corrected chi connectivity index (χ0v) is 15.8. The molecule has 29 heavy (non-hydrogen) atoms. The first-order valence-electron chi connectivity index (χ1n) is 8.99. The number of methoxy groups -OCH3 is 2. The highest BCUT2D eigenvalue weighted by molar-refractivity contribution is 6.19. The number of benzene rings is 2. The minimum absolute atomic E-state index is 0.0294. The van der Waals surface area contributed by atoms with Crippen LogP contribution in [0.5, 0.6) is 17.2 Å². The number of pyridine rings is 2. The van der Waals surface area contributed by atoms with E-state index in [1.54, 1.807) is 22.7 Å². The summed E-state index contributed by atoms with van der Waals surface area (Å²) in [4.78, 5) is 28.8. The van der Waals surface area contributed by atoms with Crippen LogP contribution in [0.3, 0.4) is 0 Å². The highest BCUT2D eigenvalue weighted by atomic mass is 16.5. The van der Waals surface area contributed by atoms with Crippen LogP contribution in [-0.2, 0) is 4.79 Å². The Hall–Kier alpha value is -3.87. The van der Waals surface area contributed by atoms with Crippen LogP contribution in [0.25, 0.3) is 38.1 Å². The predicted octanol–water partition coefficient (Wildman–Crippen LogP) is 3.19. The van der Waals surface area contributed by atoms with Gasteiger partial charge in [-0.2, -0.15) is 0 Å². The first kappa shape index (κ1) is 17.2. The molecule has 3 aromatic heterocycles. The van der Waals surface area contributed by atoms with Gasteiger partial charge in [0.25, 0.3) is 5.56 Å². The Morgan fingerprint density at radius 2 is 1.90 bits per heavy atom. The van der Waals surface area contributed by atoms with E-state index in [0.717, 1.165) is 21.8 Å². The Morgan fingerprint density at radius 3 is 2.66 bits per heavy atom. The zero-order chi connectivity index (χ0) is 20.1. The summed E-state index contributed by atoms with van der Waals surface area (Å²) in [7, 11) is 3.05. The van der Waals surface area contributed by atoms with Gasteiger partial charge in [-0.15, -0.1) is 0 Å². The first-order valence-corrected chi connectivity index (χ1v) is 8.99.